The summed E-state index contributed by atoms with van der Waals surface area (Å²) in [5.41, 5.74) is 2.51. The van der Waals surface area contributed by atoms with E-state index in [0.29, 0.717) is 12.5 Å². The molecular formula is C18H22O2. The topological polar surface area (TPSA) is 18.5 Å². The van der Waals surface area contributed by atoms with Gasteiger partial charge in [-0.1, -0.05) is 60.7 Å². The maximum absolute atomic E-state index is 5.68. The van der Waals surface area contributed by atoms with Crippen LogP contribution in [0.5, 0.6) is 0 Å². The Morgan fingerprint density at radius 3 is 1.85 bits per heavy atom. The summed E-state index contributed by atoms with van der Waals surface area (Å²) in [7, 11) is 3.52. The van der Waals surface area contributed by atoms with Crippen molar-refractivity contribution in [3.63, 3.8) is 0 Å². The lowest BCUT2D eigenvalue weighted by atomic mass is 9.91. The zero-order valence-electron chi connectivity index (χ0n) is 12.2. The van der Waals surface area contributed by atoms with Gasteiger partial charge in [-0.25, -0.2) is 0 Å². The summed E-state index contributed by atoms with van der Waals surface area (Å²) in [5, 5.41) is 0. The largest absolute Gasteiger partial charge is 0.384 e. The van der Waals surface area contributed by atoms with Crippen LogP contribution in [-0.4, -0.2) is 20.8 Å². The first-order chi connectivity index (χ1) is 9.85. The summed E-state index contributed by atoms with van der Waals surface area (Å²) in [6, 6.07) is 20.8. The molecule has 0 aliphatic heterocycles. The molecule has 0 heterocycles. The highest BCUT2D eigenvalue weighted by atomic mass is 16.5. The zero-order valence-corrected chi connectivity index (χ0v) is 12.2. The van der Waals surface area contributed by atoms with E-state index in [-0.39, 0.29) is 6.10 Å². The van der Waals surface area contributed by atoms with E-state index in [1.807, 2.05) is 12.1 Å². The van der Waals surface area contributed by atoms with Gasteiger partial charge in [-0.3, -0.25) is 0 Å². The summed E-state index contributed by atoms with van der Waals surface area (Å²) in [6.45, 7) is 0.705. The van der Waals surface area contributed by atoms with E-state index in [1.54, 1.807) is 14.2 Å². The molecule has 106 valence electrons. The first kappa shape index (κ1) is 14.8. The van der Waals surface area contributed by atoms with Gasteiger partial charge >= 0.3 is 0 Å². The number of hydrogen-bond acceptors (Lipinski definition) is 2. The Hall–Kier alpha value is -1.64. The standard InChI is InChI=1S/C18H22O2/c1-19-14-17(15-9-5-3-6-10-15)13-18(20-2)16-11-7-4-8-12-16/h3-12,17-18H,13-14H2,1-2H3. The van der Waals surface area contributed by atoms with Gasteiger partial charge in [0, 0.05) is 20.1 Å². The molecule has 2 aromatic rings. The number of methoxy groups -OCH3 is 2. The lowest BCUT2D eigenvalue weighted by Gasteiger charge is -2.23. The molecule has 0 aliphatic rings. The van der Waals surface area contributed by atoms with E-state index in [0.717, 1.165) is 6.42 Å². The minimum atomic E-state index is 0.0940. The van der Waals surface area contributed by atoms with Gasteiger partial charge in [0.1, 0.15) is 0 Å². The fraction of sp³-hybridized carbons (Fsp3) is 0.333. The van der Waals surface area contributed by atoms with Gasteiger partial charge in [0.25, 0.3) is 0 Å². The monoisotopic (exact) mass is 270 g/mol. The van der Waals surface area contributed by atoms with E-state index in [1.165, 1.54) is 11.1 Å². The second kappa shape index (κ2) is 7.83. The molecule has 2 aromatic carbocycles. The predicted molar refractivity (Wildman–Crippen MR) is 81.9 cm³/mol. The number of rotatable bonds is 7. The normalized spacial score (nSPS) is 13.9. The van der Waals surface area contributed by atoms with Crippen molar-refractivity contribution in [3.8, 4) is 0 Å². The Morgan fingerprint density at radius 1 is 0.800 bits per heavy atom. The van der Waals surface area contributed by atoms with Crippen LogP contribution >= 0.6 is 0 Å². The van der Waals surface area contributed by atoms with Crippen LogP contribution in [0.1, 0.15) is 29.6 Å². The van der Waals surface area contributed by atoms with E-state index in [9.17, 15) is 0 Å². The Bertz CT molecular complexity index is 481. The van der Waals surface area contributed by atoms with Crippen molar-refractivity contribution in [2.45, 2.75) is 18.4 Å². The maximum atomic E-state index is 5.68. The van der Waals surface area contributed by atoms with Gasteiger partial charge in [0.15, 0.2) is 0 Å². The quantitative estimate of drug-likeness (QED) is 0.751. The summed E-state index contributed by atoms with van der Waals surface area (Å²) >= 11 is 0. The predicted octanol–water partition coefficient (Wildman–Crippen LogP) is 4.19. The van der Waals surface area contributed by atoms with Crippen LogP contribution in [0.25, 0.3) is 0 Å². The molecule has 0 saturated carbocycles. The Morgan fingerprint density at radius 2 is 1.35 bits per heavy atom. The molecular weight excluding hydrogens is 248 g/mol. The average molecular weight is 270 g/mol. The van der Waals surface area contributed by atoms with E-state index < -0.39 is 0 Å². The van der Waals surface area contributed by atoms with Crippen molar-refractivity contribution < 1.29 is 9.47 Å². The van der Waals surface area contributed by atoms with Crippen LogP contribution < -0.4 is 0 Å². The molecule has 2 rings (SSSR count). The second-order valence-corrected chi connectivity index (χ2v) is 4.93. The highest BCUT2D eigenvalue weighted by Gasteiger charge is 2.19. The molecule has 2 heteroatoms. The fourth-order valence-electron chi connectivity index (χ4n) is 2.52. The second-order valence-electron chi connectivity index (χ2n) is 4.93. The Kier molecular flexibility index (Phi) is 5.78. The van der Waals surface area contributed by atoms with Crippen molar-refractivity contribution in [3.05, 3.63) is 71.8 Å². The Labute approximate surface area is 121 Å². The smallest absolute Gasteiger partial charge is 0.0827 e. The molecule has 0 saturated heterocycles. The van der Waals surface area contributed by atoms with Crippen molar-refractivity contribution in [1.82, 2.24) is 0 Å². The third-order valence-electron chi connectivity index (χ3n) is 3.59. The average Bonchev–Trinajstić information content (AvgIpc) is 2.53. The molecule has 2 atom stereocenters. The van der Waals surface area contributed by atoms with Crippen LogP contribution in [0, 0.1) is 0 Å². The Balaban J connectivity index is 2.14. The van der Waals surface area contributed by atoms with Crippen molar-refractivity contribution >= 4 is 0 Å². The van der Waals surface area contributed by atoms with Crippen LogP contribution in [0.3, 0.4) is 0 Å². The van der Waals surface area contributed by atoms with Crippen LogP contribution in [-0.2, 0) is 9.47 Å². The maximum Gasteiger partial charge on any atom is 0.0827 e. The molecule has 0 aromatic heterocycles. The molecule has 0 aliphatic carbocycles. The summed E-state index contributed by atoms with van der Waals surface area (Å²) in [5.74, 6) is 0.339. The molecule has 0 spiro atoms. The van der Waals surface area contributed by atoms with Crippen LogP contribution in [0.4, 0.5) is 0 Å². The number of hydrogen-bond donors (Lipinski definition) is 0. The lowest BCUT2D eigenvalue weighted by molar-refractivity contribution is 0.0744. The first-order valence-corrected chi connectivity index (χ1v) is 6.96. The third kappa shape index (κ3) is 3.92. The highest BCUT2D eigenvalue weighted by Crippen LogP contribution is 2.30. The van der Waals surface area contributed by atoms with Gasteiger partial charge in [-0.15, -0.1) is 0 Å². The van der Waals surface area contributed by atoms with Gasteiger partial charge in [-0.05, 0) is 17.5 Å². The van der Waals surface area contributed by atoms with Crippen LogP contribution in [0.2, 0.25) is 0 Å². The van der Waals surface area contributed by atoms with Crippen LogP contribution in [0.15, 0.2) is 60.7 Å². The van der Waals surface area contributed by atoms with Crippen molar-refractivity contribution in [2.75, 3.05) is 20.8 Å². The van der Waals surface area contributed by atoms with E-state index in [2.05, 4.69) is 48.5 Å². The molecule has 0 fully saturated rings. The number of ether oxygens (including phenoxy) is 2. The van der Waals surface area contributed by atoms with Gasteiger partial charge in [0.05, 0.1) is 12.7 Å². The third-order valence-corrected chi connectivity index (χ3v) is 3.59. The van der Waals surface area contributed by atoms with Crippen molar-refractivity contribution in [1.29, 1.82) is 0 Å². The van der Waals surface area contributed by atoms with E-state index >= 15 is 0 Å². The number of benzene rings is 2. The summed E-state index contributed by atoms with van der Waals surface area (Å²) in [4.78, 5) is 0. The lowest BCUT2D eigenvalue weighted by Crippen LogP contribution is -2.13. The first-order valence-electron chi connectivity index (χ1n) is 6.96. The fourth-order valence-corrected chi connectivity index (χ4v) is 2.52. The molecule has 0 N–H and O–H groups in total. The minimum Gasteiger partial charge on any atom is -0.384 e. The van der Waals surface area contributed by atoms with Gasteiger partial charge < -0.3 is 9.47 Å². The van der Waals surface area contributed by atoms with E-state index in [4.69, 9.17) is 9.47 Å². The molecule has 0 radical (unpaired) electrons. The molecule has 2 unspecified atom stereocenters. The van der Waals surface area contributed by atoms with Gasteiger partial charge in [0.2, 0.25) is 0 Å². The van der Waals surface area contributed by atoms with Gasteiger partial charge in [-0.2, -0.15) is 0 Å². The summed E-state index contributed by atoms with van der Waals surface area (Å²) in [6.07, 6.45) is 1.01. The van der Waals surface area contributed by atoms with Crippen molar-refractivity contribution in [2.24, 2.45) is 0 Å². The highest BCUT2D eigenvalue weighted by molar-refractivity contribution is 5.22. The molecule has 2 nitrogen and oxygen atoms in total. The SMILES string of the molecule is COCC(CC(OC)c1ccccc1)c1ccccc1. The molecule has 0 amide bonds. The summed E-state index contributed by atoms with van der Waals surface area (Å²) < 4.78 is 11.1. The molecule has 0 bridgehead atoms. The zero-order chi connectivity index (χ0) is 14.2. The molecule has 20 heavy (non-hydrogen) atoms. The minimum absolute atomic E-state index is 0.0940.